The highest BCUT2D eigenvalue weighted by Crippen LogP contribution is 2.49. The lowest BCUT2D eigenvalue weighted by molar-refractivity contribution is -0.138. The van der Waals surface area contributed by atoms with Crippen LogP contribution >= 0.6 is 0 Å². The van der Waals surface area contributed by atoms with Crippen molar-refractivity contribution in [1.82, 2.24) is 51.1 Å². The lowest BCUT2D eigenvalue weighted by Crippen LogP contribution is -2.63. The van der Waals surface area contributed by atoms with E-state index in [0.717, 1.165) is 60.0 Å². The molecule has 9 aliphatic rings. The van der Waals surface area contributed by atoms with Crippen molar-refractivity contribution in [2.24, 2.45) is 47.3 Å². The predicted molar refractivity (Wildman–Crippen MR) is 262 cm³/mol. The maximum Gasteiger partial charge on any atom is 0.318 e. The fraction of sp³-hybridized carbons (Fsp3) is 0.720. The van der Waals surface area contributed by atoms with Crippen LogP contribution in [0.1, 0.15) is 101 Å². The molecule has 18 atom stereocenters. The van der Waals surface area contributed by atoms with Crippen molar-refractivity contribution >= 4 is 32.0 Å². The SMILES string of the molecule is O=C(O)CN(Cc1ccccc1)S(=O)(=O)C1CCC2C3NC4NC(NC5NC(NC6NC(NC(N3)C2C1S(=O)(=O)N(CC(=O)O)Cc1ccccc1)C1CCCCC61)C1CCCCC51)C1CCCCC41. The monoisotopic (exact) mass is 1010 g/mol. The van der Waals surface area contributed by atoms with Gasteiger partial charge in [0.1, 0.15) is 13.1 Å². The third-order valence-electron chi connectivity index (χ3n) is 18.4. The zero-order valence-electron chi connectivity index (χ0n) is 39.9. The molecule has 5 heterocycles. The average molecular weight is 1010 g/mol. The summed E-state index contributed by atoms with van der Waals surface area (Å²) in [6.45, 7) is -2.30. The number of nitrogens with zero attached hydrogens (tertiary/aromatic N) is 2. The average Bonchev–Trinajstić information content (AvgIpc) is 4.09. The van der Waals surface area contributed by atoms with Gasteiger partial charge in [0.25, 0.3) is 0 Å². The third-order valence-corrected chi connectivity index (χ3v) is 23.1. The predicted octanol–water partition coefficient (Wildman–Crippen LogP) is 2.40. The van der Waals surface area contributed by atoms with E-state index < -0.39 is 79.7 Å². The van der Waals surface area contributed by atoms with Crippen molar-refractivity contribution in [2.45, 2.75) is 163 Å². The lowest BCUT2D eigenvalue weighted by Gasteiger charge is -2.45. The van der Waals surface area contributed by atoms with Gasteiger partial charge in [-0.2, -0.15) is 8.61 Å². The fourth-order valence-electron chi connectivity index (χ4n) is 15.4. The molecule has 18 unspecified atom stereocenters. The molecule has 70 heavy (non-hydrogen) atoms. The Balaban J connectivity index is 1.02. The van der Waals surface area contributed by atoms with E-state index in [9.17, 15) is 19.8 Å². The highest BCUT2D eigenvalue weighted by molar-refractivity contribution is 7.93. The van der Waals surface area contributed by atoms with Gasteiger partial charge in [0, 0.05) is 19.0 Å². The first-order valence-corrected chi connectivity index (χ1v) is 29.4. The number of aliphatic carboxylic acids is 2. The highest BCUT2D eigenvalue weighted by atomic mass is 32.2. The van der Waals surface area contributed by atoms with E-state index in [2.05, 4.69) is 42.5 Å². The van der Waals surface area contributed by atoms with Gasteiger partial charge in [-0.15, -0.1) is 0 Å². The Labute approximate surface area is 413 Å². The number of carboxylic acids is 2. The van der Waals surface area contributed by atoms with Crippen LogP contribution < -0.4 is 42.5 Å². The molecule has 18 nitrogen and oxygen atoms in total. The lowest BCUT2D eigenvalue weighted by atomic mass is 9.76. The first-order valence-electron chi connectivity index (χ1n) is 26.4. The van der Waals surface area contributed by atoms with Gasteiger partial charge in [-0.05, 0) is 104 Å². The topological polar surface area (TPSA) is 246 Å². The van der Waals surface area contributed by atoms with Gasteiger partial charge in [0.2, 0.25) is 20.0 Å². The minimum absolute atomic E-state index is 0.0177. The Morgan fingerprint density at radius 3 is 1.09 bits per heavy atom. The molecule has 9 fully saturated rings. The molecule has 11 rings (SSSR count). The van der Waals surface area contributed by atoms with Crippen LogP contribution in [-0.2, 0) is 42.7 Å². The van der Waals surface area contributed by atoms with Crippen LogP contribution in [-0.4, -0.2) is 121 Å². The molecule has 8 bridgehead atoms. The zero-order chi connectivity index (χ0) is 48.3. The van der Waals surface area contributed by atoms with Gasteiger partial charge in [0.15, 0.2) is 0 Å². The van der Waals surface area contributed by atoms with E-state index in [0.29, 0.717) is 47.1 Å². The van der Waals surface area contributed by atoms with Crippen molar-refractivity contribution in [2.75, 3.05) is 13.1 Å². The van der Waals surface area contributed by atoms with E-state index in [1.54, 1.807) is 60.7 Å². The van der Waals surface area contributed by atoms with Crippen LogP contribution in [0.15, 0.2) is 60.7 Å². The summed E-state index contributed by atoms with van der Waals surface area (Å²) in [5.74, 6) is -1.81. The van der Waals surface area contributed by atoms with Crippen molar-refractivity contribution in [1.29, 1.82) is 0 Å². The van der Waals surface area contributed by atoms with Gasteiger partial charge >= 0.3 is 11.9 Å². The molecule has 0 amide bonds. The van der Waals surface area contributed by atoms with Gasteiger partial charge in [-0.1, -0.05) is 99.2 Å². The number of hydrogen-bond donors (Lipinski definition) is 10. The Morgan fingerprint density at radius 1 is 0.429 bits per heavy atom. The zero-order valence-corrected chi connectivity index (χ0v) is 41.6. The maximum atomic E-state index is 16.0. The smallest absolute Gasteiger partial charge is 0.318 e. The third kappa shape index (κ3) is 9.51. The van der Waals surface area contributed by atoms with Crippen LogP contribution in [0, 0.1) is 47.3 Å². The van der Waals surface area contributed by atoms with Gasteiger partial charge in [-0.25, -0.2) is 16.8 Å². The summed E-state index contributed by atoms with van der Waals surface area (Å²) in [5, 5.41) is 49.7. The van der Waals surface area contributed by atoms with Crippen LogP contribution in [0.2, 0.25) is 0 Å². The highest BCUT2D eigenvalue weighted by Gasteiger charge is 2.62. The molecule has 5 saturated heterocycles. The van der Waals surface area contributed by atoms with E-state index in [-0.39, 0.29) is 62.4 Å². The number of carbonyl (C=O) groups is 2. The molecular formula is C50H74N10O8S2. The molecule has 384 valence electrons. The van der Waals surface area contributed by atoms with Crippen molar-refractivity contribution in [3.05, 3.63) is 71.8 Å². The van der Waals surface area contributed by atoms with Gasteiger partial charge in [0.05, 0.1) is 59.8 Å². The quantitative estimate of drug-likeness (QED) is 0.147. The summed E-state index contributed by atoms with van der Waals surface area (Å²) < 4.78 is 65.0. The Morgan fingerprint density at radius 2 is 0.743 bits per heavy atom. The second-order valence-electron chi connectivity index (χ2n) is 22.2. The molecule has 20 heteroatoms. The maximum absolute atomic E-state index is 16.0. The van der Waals surface area contributed by atoms with Crippen molar-refractivity contribution in [3.63, 3.8) is 0 Å². The molecule has 0 radical (unpaired) electrons. The minimum Gasteiger partial charge on any atom is -0.480 e. The fourth-order valence-corrected chi connectivity index (χ4v) is 20.4. The first-order chi connectivity index (χ1) is 33.8. The molecule has 4 aliphatic carbocycles. The summed E-state index contributed by atoms with van der Waals surface area (Å²) in [7, 11) is -9.53. The van der Waals surface area contributed by atoms with Crippen LogP contribution in [0.5, 0.6) is 0 Å². The molecule has 10 N–H and O–H groups in total. The normalized spacial score (nSPS) is 40.5. The van der Waals surface area contributed by atoms with E-state index in [1.165, 1.54) is 25.7 Å². The standard InChI is InChI=1S/C50H74N10O8S2/c61-39(62)27-59(25-29-13-3-1-4-14-29)69(65,66)38-24-23-37-41(42(38)70(67,68)60(28-40(63)64)26-30-15-5-2-6-16-30)50-57-48-36-22-12-11-21-35(36)46(55-48)53-44-32-18-8-7-17-31(32)43(51-44)52-45-33-19-9-10-20-34(33)47(54-45)56-49(37)58-50/h1-6,13-16,31-38,41-58H,7-12,17-28H2,(H,61,62)(H,63,64). The molecule has 4 saturated carbocycles. The Kier molecular flexibility index (Phi) is 14.2. The van der Waals surface area contributed by atoms with E-state index >= 15 is 16.8 Å². The Hall–Kier alpha value is -3.12. The van der Waals surface area contributed by atoms with E-state index in [4.69, 9.17) is 0 Å². The van der Waals surface area contributed by atoms with Crippen LogP contribution in [0.3, 0.4) is 0 Å². The van der Waals surface area contributed by atoms with Gasteiger partial charge < -0.3 is 10.2 Å². The molecule has 5 aliphatic heterocycles. The molecular weight excluding hydrogens is 933 g/mol. The minimum atomic E-state index is -4.81. The molecule has 2 aromatic rings. The number of nitrogens with one attached hydrogen (secondary N) is 8. The second-order valence-corrected chi connectivity index (χ2v) is 26.4. The largest absolute Gasteiger partial charge is 0.480 e. The molecule has 2 aromatic carbocycles. The van der Waals surface area contributed by atoms with Gasteiger partial charge in [-0.3, -0.25) is 52.1 Å². The van der Waals surface area contributed by atoms with Crippen molar-refractivity contribution in [3.8, 4) is 0 Å². The summed E-state index contributed by atoms with van der Waals surface area (Å²) >= 11 is 0. The van der Waals surface area contributed by atoms with Crippen LogP contribution in [0.25, 0.3) is 0 Å². The van der Waals surface area contributed by atoms with E-state index in [1.807, 2.05) is 0 Å². The second kappa shape index (κ2) is 20.3. The summed E-state index contributed by atoms with van der Waals surface area (Å²) in [6.07, 6.45) is 12.5. The summed E-state index contributed by atoms with van der Waals surface area (Å²) in [4.78, 5) is 25.3. The first kappa shape index (κ1) is 49.1. The number of sulfonamides is 2. The molecule has 0 spiro atoms. The number of rotatable bonds is 12. The Bertz CT molecular complexity index is 2410. The van der Waals surface area contributed by atoms with Crippen molar-refractivity contribution < 1.29 is 36.6 Å². The number of hydrogen-bond acceptors (Lipinski definition) is 14. The number of carboxylic acid groups (broad SMARTS) is 2. The summed E-state index contributed by atoms with van der Waals surface area (Å²) in [6, 6.07) is 17.5. The number of benzene rings is 2. The summed E-state index contributed by atoms with van der Waals surface area (Å²) in [5.41, 5.74) is 1.12. The number of fused-ring (bicyclic) bond motifs is 20. The van der Waals surface area contributed by atoms with Crippen LogP contribution in [0.4, 0.5) is 0 Å². The molecule has 0 aromatic heterocycles.